The van der Waals surface area contributed by atoms with E-state index in [1.165, 1.54) is 6.92 Å². The SMILES string of the molecule is C[C@@H](NOCc1ccccc1)C(=O)O. The van der Waals surface area contributed by atoms with Gasteiger partial charge >= 0.3 is 5.97 Å². The fraction of sp³-hybridized carbons (Fsp3) is 0.300. The first kappa shape index (κ1) is 10.7. The molecule has 0 aromatic heterocycles. The predicted molar refractivity (Wildman–Crippen MR) is 51.5 cm³/mol. The van der Waals surface area contributed by atoms with Gasteiger partial charge in [-0.3, -0.25) is 9.63 Å². The maximum absolute atomic E-state index is 10.4. The molecule has 0 spiro atoms. The van der Waals surface area contributed by atoms with Crippen LogP contribution in [0.25, 0.3) is 0 Å². The Labute approximate surface area is 82.5 Å². The van der Waals surface area contributed by atoms with E-state index in [1.54, 1.807) is 0 Å². The smallest absolute Gasteiger partial charge is 0.322 e. The molecule has 4 nitrogen and oxygen atoms in total. The van der Waals surface area contributed by atoms with E-state index in [1.807, 2.05) is 30.3 Å². The number of carbonyl (C=O) groups is 1. The lowest BCUT2D eigenvalue weighted by Gasteiger charge is -2.08. The molecule has 0 radical (unpaired) electrons. The average molecular weight is 195 g/mol. The number of carboxylic acid groups (broad SMARTS) is 1. The fourth-order valence-corrected chi connectivity index (χ4v) is 0.875. The second-order valence-electron chi connectivity index (χ2n) is 2.95. The molecule has 0 heterocycles. The second-order valence-corrected chi connectivity index (χ2v) is 2.95. The lowest BCUT2D eigenvalue weighted by molar-refractivity contribution is -0.143. The predicted octanol–water partition coefficient (Wildman–Crippen LogP) is 1.18. The Bertz CT molecular complexity index is 287. The molecule has 0 saturated carbocycles. The van der Waals surface area contributed by atoms with Crippen LogP contribution in [0.1, 0.15) is 12.5 Å². The number of rotatable bonds is 5. The summed E-state index contributed by atoms with van der Waals surface area (Å²) in [6.45, 7) is 1.88. The largest absolute Gasteiger partial charge is 0.480 e. The van der Waals surface area contributed by atoms with Gasteiger partial charge in [-0.05, 0) is 12.5 Å². The van der Waals surface area contributed by atoms with E-state index in [4.69, 9.17) is 9.94 Å². The van der Waals surface area contributed by atoms with Crippen LogP contribution in [-0.2, 0) is 16.2 Å². The Balaban J connectivity index is 2.26. The van der Waals surface area contributed by atoms with Gasteiger partial charge in [0.15, 0.2) is 0 Å². The van der Waals surface area contributed by atoms with Crippen LogP contribution in [0.4, 0.5) is 0 Å². The molecule has 0 fully saturated rings. The van der Waals surface area contributed by atoms with E-state index in [2.05, 4.69) is 5.48 Å². The van der Waals surface area contributed by atoms with Crippen molar-refractivity contribution in [3.8, 4) is 0 Å². The standard InChI is InChI=1S/C10H13NO3/c1-8(10(12)13)11-14-7-9-5-3-2-4-6-9/h2-6,8,11H,7H2,1H3,(H,12,13)/t8-/m1/s1. The lowest BCUT2D eigenvalue weighted by atomic mass is 10.2. The van der Waals surface area contributed by atoms with Gasteiger partial charge < -0.3 is 5.11 Å². The normalized spacial score (nSPS) is 12.4. The molecule has 0 amide bonds. The van der Waals surface area contributed by atoms with Gasteiger partial charge in [0.25, 0.3) is 0 Å². The van der Waals surface area contributed by atoms with Crippen molar-refractivity contribution in [2.75, 3.05) is 0 Å². The Morgan fingerprint density at radius 2 is 2.14 bits per heavy atom. The highest BCUT2D eigenvalue weighted by atomic mass is 16.6. The van der Waals surface area contributed by atoms with Crippen molar-refractivity contribution in [3.05, 3.63) is 35.9 Å². The summed E-state index contributed by atoms with van der Waals surface area (Å²) in [5.41, 5.74) is 3.43. The van der Waals surface area contributed by atoms with Gasteiger partial charge in [-0.15, -0.1) is 0 Å². The summed E-state index contributed by atoms with van der Waals surface area (Å²) in [5.74, 6) is -0.932. The van der Waals surface area contributed by atoms with E-state index in [0.717, 1.165) is 5.56 Å². The second kappa shape index (κ2) is 5.36. The molecule has 2 N–H and O–H groups in total. The Morgan fingerprint density at radius 1 is 1.50 bits per heavy atom. The van der Waals surface area contributed by atoms with Gasteiger partial charge in [-0.1, -0.05) is 30.3 Å². The van der Waals surface area contributed by atoms with E-state index in [9.17, 15) is 4.79 Å². The van der Waals surface area contributed by atoms with Crippen molar-refractivity contribution in [1.82, 2.24) is 5.48 Å². The molecule has 0 bridgehead atoms. The Hall–Kier alpha value is -1.39. The molecular formula is C10H13NO3. The van der Waals surface area contributed by atoms with Gasteiger partial charge in [0.05, 0.1) is 6.61 Å². The topological polar surface area (TPSA) is 58.6 Å². The summed E-state index contributed by atoms with van der Waals surface area (Å²) in [5, 5.41) is 8.54. The van der Waals surface area contributed by atoms with E-state index in [-0.39, 0.29) is 0 Å². The highest BCUT2D eigenvalue weighted by molar-refractivity contribution is 5.72. The molecule has 4 heteroatoms. The summed E-state index contributed by atoms with van der Waals surface area (Å²) >= 11 is 0. The first-order valence-electron chi connectivity index (χ1n) is 4.34. The number of benzene rings is 1. The molecule has 1 aromatic carbocycles. The van der Waals surface area contributed by atoms with Crippen LogP contribution in [0.15, 0.2) is 30.3 Å². The van der Waals surface area contributed by atoms with Crippen LogP contribution in [-0.4, -0.2) is 17.1 Å². The van der Waals surface area contributed by atoms with Crippen molar-refractivity contribution in [1.29, 1.82) is 0 Å². The molecule has 0 aliphatic heterocycles. The maximum atomic E-state index is 10.4. The number of hydroxylamine groups is 1. The molecule has 1 atom stereocenters. The van der Waals surface area contributed by atoms with E-state index < -0.39 is 12.0 Å². The van der Waals surface area contributed by atoms with Gasteiger partial charge in [-0.2, -0.15) is 5.48 Å². The van der Waals surface area contributed by atoms with Crippen molar-refractivity contribution < 1.29 is 14.7 Å². The molecule has 0 saturated heterocycles. The van der Waals surface area contributed by atoms with E-state index in [0.29, 0.717) is 6.61 Å². The number of carboxylic acids is 1. The number of aliphatic carboxylic acids is 1. The lowest BCUT2D eigenvalue weighted by Crippen LogP contribution is -2.33. The third-order valence-electron chi connectivity index (χ3n) is 1.71. The number of nitrogens with one attached hydrogen (secondary N) is 1. The Kier molecular flexibility index (Phi) is 4.10. The minimum absolute atomic E-state index is 0.360. The summed E-state index contributed by atoms with van der Waals surface area (Å²) in [4.78, 5) is 15.4. The fourth-order valence-electron chi connectivity index (χ4n) is 0.875. The van der Waals surface area contributed by atoms with Gasteiger partial charge in [-0.25, -0.2) is 0 Å². The molecule has 1 rings (SSSR count). The van der Waals surface area contributed by atoms with Crippen LogP contribution in [0.3, 0.4) is 0 Å². The molecule has 1 aromatic rings. The molecule has 0 unspecified atom stereocenters. The van der Waals surface area contributed by atoms with Crippen LogP contribution >= 0.6 is 0 Å². The zero-order chi connectivity index (χ0) is 10.4. The van der Waals surface area contributed by atoms with Gasteiger partial charge in [0.2, 0.25) is 0 Å². The van der Waals surface area contributed by atoms with Crippen LogP contribution < -0.4 is 5.48 Å². The third kappa shape index (κ3) is 3.55. The molecule has 0 aliphatic carbocycles. The number of hydrogen-bond donors (Lipinski definition) is 2. The zero-order valence-electron chi connectivity index (χ0n) is 7.93. The molecule has 14 heavy (non-hydrogen) atoms. The zero-order valence-corrected chi connectivity index (χ0v) is 7.93. The maximum Gasteiger partial charge on any atom is 0.322 e. The van der Waals surface area contributed by atoms with Crippen LogP contribution in [0, 0.1) is 0 Å². The third-order valence-corrected chi connectivity index (χ3v) is 1.71. The van der Waals surface area contributed by atoms with Crippen molar-refractivity contribution in [3.63, 3.8) is 0 Å². The average Bonchev–Trinajstić information content (AvgIpc) is 2.19. The minimum atomic E-state index is -0.932. The summed E-state index contributed by atoms with van der Waals surface area (Å²) < 4.78 is 0. The van der Waals surface area contributed by atoms with E-state index >= 15 is 0 Å². The molecule has 76 valence electrons. The first-order chi connectivity index (χ1) is 6.70. The molecule has 0 aliphatic rings. The van der Waals surface area contributed by atoms with Crippen molar-refractivity contribution in [2.24, 2.45) is 0 Å². The number of hydrogen-bond acceptors (Lipinski definition) is 3. The summed E-state index contributed by atoms with van der Waals surface area (Å²) in [6, 6.07) is 8.84. The van der Waals surface area contributed by atoms with Crippen molar-refractivity contribution >= 4 is 5.97 Å². The van der Waals surface area contributed by atoms with Gasteiger partial charge in [0, 0.05) is 0 Å². The van der Waals surface area contributed by atoms with Crippen LogP contribution in [0.5, 0.6) is 0 Å². The van der Waals surface area contributed by atoms with Gasteiger partial charge in [0.1, 0.15) is 6.04 Å². The minimum Gasteiger partial charge on any atom is -0.480 e. The highest BCUT2D eigenvalue weighted by Crippen LogP contribution is 1.99. The summed E-state index contributed by atoms with van der Waals surface area (Å²) in [7, 11) is 0. The van der Waals surface area contributed by atoms with Crippen molar-refractivity contribution in [2.45, 2.75) is 19.6 Å². The van der Waals surface area contributed by atoms with Crippen LogP contribution in [0.2, 0.25) is 0 Å². The first-order valence-corrected chi connectivity index (χ1v) is 4.34. The quantitative estimate of drug-likeness (QED) is 0.693. The summed E-state index contributed by atoms with van der Waals surface area (Å²) in [6.07, 6.45) is 0. The Morgan fingerprint density at radius 3 is 2.71 bits per heavy atom. The highest BCUT2D eigenvalue weighted by Gasteiger charge is 2.09. The monoisotopic (exact) mass is 195 g/mol. The molecular weight excluding hydrogens is 182 g/mol.